The first-order valence-corrected chi connectivity index (χ1v) is 7.36. The number of nitrogens with two attached hydrogens (primary N) is 1. The Labute approximate surface area is 139 Å². The van der Waals surface area contributed by atoms with Gasteiger partial charge in [-0.1, -0.05) is 30.3 Å². The van der Waals surface area contributed by atoms with E-state index in [1.807, 2.05) is 42.5 Å². The van der Waals surface area contributed by atoms with Gasteiger partial charge in [0.1, 0.15) is 5.75 Å². The molecule has 5 nitrogen and oxygen atoms in total. The summed E-state index contributed by atoms with van der Waals surface area (Å²) in [7, 11) is 1.46. The highest BCUT2D eigenvalue weighted by molar-refractivity contribution is 6.08. The van der Waals surface area contributed by atoms with E-state index in [4.69, 9.17) is 10.5 Å². The molecule has 0 aromatic heterocycles. The molecule has 0 saturated carbocycles. The van der Waals surface area contributed by atoms with Crippen molar-refractivity contribution >= 4 is 28.3 Å². The van der Waals surface area contributed by atoms with Crippen molar-refractivity contribution in [3.05, 3.63) is 71.8 Å². The Hall–Kier alpha value is -3.34. The topological polar surface area (TPSA) is 81.4 Å². The van der Waals surface area contributed by atoms with Gasteiger partial charge in [0.05, 0.1) is 12.7 Å². The number of carbonyl (C=O) groups excluding carboxylic acids is 2. The molecule has 0 radical (unpaired) electrons. The molecule has 0 aliphatic carbocycles. The van der Waals surface area contributed by atoms with E-state index in [0.29, 0.717) is 11.4 Å². The summed E-state index contributed by atoms with van der Waals surface area (Å²) < 4.78 is 5.20. The number of hydrogen-bond acceptors (Lipinski definition) is 3. The van der Waals surface area contributed by atoms with E-state index in [0.717, 1.165) is 10.8 Å². The predicted molar refractivity (Wildman–Crippen MR) is 93.4 cm³/mol. The van der Waals surface area contributed by atoms with Gasteiger partial charge in [-0.25, -0.2) is 0 Å². The second kappa shape index (κ2) is 6.42. The molecule has 0 heterocycles. The van der Waals surface area contributed by atoms with Gasteiger partial charge in [-0.3, -0.25) is 9.59 Å². The van der Waals surface area contributed by atoms with Gasteiger partial charge in [0.25, 0.3) is 5.91 Å². The van der Waals surface area contributed by atoms with Crippen LogP contribution in [0.3, 0.4) is 0 Å². The van der Waals surface area contributed by atoms with Gasteiger partial charge in [0, 0.05) is 11.3 Å². The Morgan fingerprint density at radius 1 is 0.958 bits per heavy atom. The van der Waals surface area contributed by atoms with Crippen LogP contribution in [0.25, 0.3) is 10.8 Å². The molecule has 0 spiro atoms. The molecule has 3 aromatic rings. The molecule has 3 aromatic carbocycles. The molecule has 3 rings (SSSR count). The van der Waals surface area contributed by atoms with Crippen LogP contribution in [-0.4, -0.2) is 18.9 Å². The summed E-state index contributed by atoms with van der Waals surface area (Å²) in [6.45, 7) is 0. The fourth-order valence-corrected chi connectivity index (χ4v) is 2.50. The number of primary amides is 1. The second-order valence-electron chi connectivity index (χ2n) is 5.30. The molecule has 5 heteroatoms. The molecule has 3 N–H and O–H groups in total. The lowest BCUT2D eigenvalue weighted by atomic mass is 10.1. The minimum atomic E-state index is -0.600. The van der Waals surface area contributed by atoms with Gasteiger partial charge < -0.3 is 15.8 Å². The number of benzene rings is 3. The molecule has 120 valence electrons. The molecular formula is C19H16N2O3. The number of anilines is 1. The highest BCUT2D eigenvalue weighted by Crippen LogP contribution is 2.23. The summed E-state index contributed by atoms with van der Waals surface area (Å²) in [5, 5.41) is 4.93. The highest BCUT2D eigenvalue weighted by atomic mass is 16.5. The van der Waals surface area contributed by atoms with Crippen LogP contribution >= 0.6 is 0 Å². The van der Waals surface area contributed by atoms with Crippen molar-refractivity contribution in [3.8, 4) is 5.75 Å². The van der Waals surface area contributed by atoms with Gasteiger partial charge in [-0.15, -0.1) is 0 Å². The Morgan fingerprint density at radius 3 is 2.42 bits per heavy atom. The van der Waals surface area contributed by atoms with Crippen molar-refractivity contribution in [1.29, 1.82) is 0 Å². The third-order valence-electron chi connectivity index (χ3n) is 3.74. The molecule has 0 saturated heterocycles. The standard InChI is InChI=1S/C19H16N2O3/c1-24-17-9-7-14(18(20)22)11-16(17)19(23)21-15-8-6-12-4-2-3-5-13(12)10-15/h2-11H,1H3,(H2,20,22)(H,21,23). The van der Waals surface area contributed by atoms with Gasteiger partial charge in [-0.05, 0) is 41.1 Å². The minimum Gasteiger partial charge on any atom is -0.496 e. The third-order valence-corrected chi connectivity index (χ3v) is 3.74. The van der Waals surface area contributed by atoms with Crippen molar-refractivity contribution in [2.75, 3.05) is 12.4 Å². The van der Waals surface area contributed by atoms with Crippen molar-refractivity contribution in [2.24, 2.45) is 5.73 Å². The number of amides is 2. The number of nitrogens with one attached hydrogen (secondary N) is 1. The van der Waals surface area contributed by atoms with E-state index in [2.05, 4.69) is 5.32 Å². The fraction of sp³-hybridized carbons (Fsp3) is 0.0526. The average Bonchev–Trinajstić information content (AvgIpc) is 2.60. The number of methoxy groups -OCH3 is 1. The van der Waals surface area contributed by atoms with E-state index < -0.39 is 5.91 Å². The first kappa shape index (κ1) is 15.6. The van der Waals surface area contributed by atoms with E-state index in [1.165, 1.54) is 19.2 Å². The van der Waals surface area contributed by atoms with Crippen LogP contribution in [0.1, 0.15) is 20.7 Å². The van der Waals surface area contributed by atoms with Crippen molar-refractivity contribution in [3.63, 3.8) is 0 Å². The maximum absolute atomic E-state index is 12.6. The van der Waals surface area contributed by atoms with Crippen LogP contribution in [0.4, 0.5) is 5.69 Å². The Morgan fingerprint density at radius 2 is 1.71 bits per heavy atom. The molecule has 0 bridgehead atoms. The third kappa shape index (κ3) is 3.05. The molecule has 0 atom stereocenters. The zero-order valence-corrected chi connectivity index (χ0v) is 13.1. The number of carbonyl (C=O) groups is 2. The summed E-state index contributed by atoms with van der Waals surface area (Å²) in [6, 6.07) is 18.0. The summed E-state index contributed by atoms with van der Waals surface area (Å²) in [5.41, 5.74) is 6.44. The zero-order valence-electron chi connectivity index (χ0n) is 13.1. The maximum atomic E-state index is 12.6. The largest absolute Gasteiger partial charge is 0.496 e. The van der Waals surface area contributed by atoms with Gasteiger partial charge in [-0.2, -0.15) is 0 Å². The van der Waals surface area contributed by atoms with E-state index >= 15 is 0 Å². The van der Waals surface area contributed by atoms with Crippen molar-refractivity contribution < 1.29 is 14.3 Å². The van der Waals surface area contributed by atoms with Crippen LogP contribution in [0.5, 0.6) is 5.75 Å². The average molecular weight is 320 g/mol. The van der Waals surface area contributed by atoms with E-state index in [9.17, 15) is 9.59 Å². The van der Waals surface area contributed by atoms with E-state index in [1.54, 1.807) is 6.07 Å². The molecule has 2 amide bonds. The predicted octanol–water partition coefficient (Wildman–Crippen LogP) is 3.20. The van der Waals surface area contributed by atoms with Crippen LogP contribution in [-0.2, 0) is 0 Å². The van der Waals surface area contributed by atoms with E-state index in [-0.39, 0.29) is 17.0 Å². The first-order valence-electron chi connectivity index (χ1n) is 7.36. The fourth-order valence-electron chi connectivity index (χ4n) is 2.50. The maximum Gasteiger partial charge on any atom is 0.259 e. The van der Waals surface area contributed by atoms with Crippen molar-refractivity contribution in [2.45, 2.75) is 0 Å². The molecule has 0 unspecified atom stereocenters. The van der Waals surface area contributed by atoms with Crippen LogP contribution in [0, 0.1) is 0 Å². The quantitative estimate of drug-likeness (QED) is 0.774. The lowest BCUT2D eigenvalue weighted by molar-refractivity contribution is 0.1000. The molecular weight excluding hydrogens is 304 g/mol. The highest BCUT2D eigenvalue weighted by Gasteiger charge is 2.15. The lowest BCUT2D eigenvalue weighted by Gasteiger charge is -2.11. The number of hydrogen-bond donors (Lipinski definition) is 2. The van der Waals surface area contributed by atoms with Gasteiger partial charge in [0.15, 0.2) is 0 Å². The zero-order chi connectivity index (χ0) is 17.1. The summed E-state index contributed by atoms with van der Waals surface area (Å²) >= 11 is 0. The number of rotatable bonds is 4. The second-order valence-corrected chi connectivity index (χ2v) is 5.30. The number of fused-ring (bicyclic) bond motifs is 1. The lowest BCUT2D eigenvalue weighted by Crippen LogP contribution is -2.16. The van der Waals surface area contributed by atoms with Gasteiger partial charge >= 0.3 is 0 Å². The SMILES string of the molecule is COc1ccc(C(N)=O)cc1C(=O)Nc1ccc2ccccc2c1. The normalized spacial score (nSPS) is 10.4. The smallest absolute Gasteiger partial charge is 0.259 e. The Balaban J connectivity index is 1.93. The first-order chi connectivity index (χ1) is 11.6. The van der Waals surface area contributed by atoms with Crippen LogP contribution < -0.4 is 15.8 Å². The monoisotopic (exact) mass is 320 g/mol. The van der Waals surface area contributed by atoms with Gasteiger partial charge in [0.2, 0.25) is 5.91 Å². The molecule has 24 heavy (non-hydrogen) atoms. The molecule has 0 aliphatic rings. The summed E-state index contributed by atoms with van der Waals surface area (Å²) in [6.07, 6.45) is 0. The van der Waals surface area contributed by atoms with Crippen LogP contribution in [0.2, 0.25) is 0 Å². The Bertz CT molecular complexity index is 935. The number of ether oxygens (including phenoxy) is 1. The summed E-state index contributed by atoms with van der Waals surface area (Å²) in [4.78, 5) is 23.9. The summed E-state index contributed by atoms with van der Waals surface area (Å²) in [5.74, 6) is -0.596. The van der Waals surface area contributed by atoms with Crippen molar-refractivity contribution in [1.82, 2.24) is 0 Å². The molecule has 0 aliphatic heterocycles. The minimum absolute atomic E-state index is 0.250. The van der Waals surface area contributed by atoms with Crippen LogP contribution in [0.15, 0.2) is 60.7 Å². The molecule has 0 fully saturated rings. The Kier molecular flexibility index (Phi) is 4.16.